The van der Waals surface area contributed by atoms with E-state index >= 15 is 0 Å². The topological polar surface area (TPSA) is 78.9 Å². The molecular formula is C13H15N3O2. The third-order valence-corrected chi connectivity index (χ3v) is 2.68. The van der Waals surface area contributed by atoms with E-state index in [1.165, 1.54) is 0 Å². The third-order valence-electron chi connectivity index (χ3n) is 2.68. The van der Waals surface area contributed by atoms with Gasteiger partial charge in [-0.3, -0.25) is 0 Å². The molecule has 2 aromatic heterocycles. The molecule has 94 valence electrons. The predicted molar refractivity (Wildman–Crippen MR) is 69.4 cm³/mol. The van der Waals surface area contributed by atoms with Crippen LogP contribution in [0, 0.1) is 6.92 Å². The lowest BCUT2D eigenvalue weighted by molar-refractivity contribution is -0.131. The first-order valence-electron chi connectivity index (χ1n) is 5.75. The van der Waals surface area contributed by atoms with Gasteiger partial charge in [0.05, 0.1) is 5.69 Å². The smallest absolute Gasteiger partial charge is 0.328 e. The summed E-state index contributed by atoms with van der Waals surface area (Å²) in [4.78, 5) is 22.5. The van der Waals surface area contributed by atoms with Crippen LogP contribution < -0.4 is 0 Å². The van der Waals surface area contributed by atoms with Crippen molar-refractivity contribution >= 4 is 23.1 Å². The van der Waals surface area contributed by atoms with Gasteiger partial charge in [0.2, 0.25) is 0 Å². The van der Waals surface area contributed by atoms with Crippen molar-refractivity contribution < 1.29 is 9.90 Å². The van der Waals surface area contributed by atoms with Gasteiger partial charge in [-0.25, -0.2) is 14.8 Å². The molecule has 0 radical (unpaired) electrons. The fraction of sp³-hybridized carbons (Fsp3) is 0.308. The van der Waals surface area contributed by atoms with Crippen molar-refractivity contribution in [1.82, 2.24) is 15.0 Å². The number of nitrogens with zero attached hydrogens (tertiary/aromatic N) is 2. The van der Waals surface area contributed by atoms with Gasteiger partial charge in [-0.2, -0.15) is 0 Å². The highest BCUT2D eigenvalue weighted by Gasteiger charge is 2.11. The second-order valence-corrected chi connectivity index (χ2v) is 4.46. The van der Waals surface area contributed by atoms with Crippen molar-refractivity contribution in [2.45, 2.75) is 26.7 Å². The molecule has 0 saturated heterocycles. The van der Waals surface area contributed by atoms with Crippen molar-refractivity contribution in [2.24, 2.45) is 0 Å². The minimum atomic E-state index is -0.971. The van der Waals surface area contributed by atoms with Gasteiger partial charge in [0, 0.05) is 29.1 Å². The van der Waals surface area contributed by atoms with Gasteiger partial charge in [0.1, 0.15) is 11.5 Å². The summed E-state index contributed by atoms with van der Waals surface area (Å²) in [6, 6.07) is 0. The first kappa shape index (κ1) is 12.3. The molecule has 0 spiro atoms. The summed E-state index contributed by atoms with van der Waals surface area (Å²) in [5.74, 6) is 0.0757. The lowest BCUT2D eigenvalue weighted by Gasteiger charge is -2.05. The third kappa shape index (κ3) is 2.25. The molecule has 0 amide bonds. The number of carbonyl (C=O) groups is 1. The van der Waals surface area contributed by atoms with E-state index in [4.69, 9.17) is 5.11 Å². The molecule has 0 saturated carbocycles. The minimum Gasteiger partial charge on any atom is -0.478 e. The average Bonchev–Trinajstić information content (AvgIpc) is 2.69. The number of carboxylic acid groups (broad SMARTS) is 1. The van der Waals surface area contributed by atoms with E-state index in [-0.39, 0.29) is 5.92 Å². The molecule has 0 aliphatic carbocycles. The highest BCUT2D eigenvalue weighted by atomic mass is 16.4. The summed E-state index contributed by atoms with van der Waals surface area (Å²) < 4.78 is 0. The maximum absolute atomic E-state index is 10.5. The summed E-state index contributed by atoms with van der Waals surface area (Å²) in [5, 5.41) is 9.51. The van der Waals surface area contributed by atoms with Gasteiger partial charge < -0.3 is 10.1 Å². The summed E-state index contributed by atoms with van der Waals surface area (Å²) in [6.45, 7) is 5.98. The molecule has 0 aliphatic heterocycles. The molecule has 0 unspecified atom stereocenters. The van der Waals surface area contributed by atoms with Gasteiger partial charge in [0.25, 0.3) is 0 Å². The molecule has 18 heavy (non-hydrogen) atoms. The number of hydrogen-bond donors (Lipinski definition) is 2. The van der Waals surface area contributed by atoms with Crippen LogP contribution in [0.5, 0.6) is 0 Å². The summed E-state index contributed by atoms with van der Waals surface area (Å²) in [7, 11) is 0. The summed E-state index contributed by atoms with van der Waals surface area (Å²) >= 11 is 0. The molecule has 0 aromatic carbocycles. The van der Waals surface area contributed by atoms with Gasteiger partial charge in [0.15, 0.2) is 0 Å². The Morgan fingerprint density at radius 2 is 2.17 bits per heavy atom. The Labute approximate surface area is 105 Å². The second-order valence-electron chi connectivity index (χ2n) is 4.46. The minimum absolute atomic E-state index is 0.259. The number of nitrogens with one attached hydrogen (secondary N) is 1. The van der Waals surface area contributed by atoms with Crippen molar-refractivity contribution in [2.75, 3.05) is 0 Å². The van der Waals surface area contributed by atoms with E-state index in [0.717, 1.165) is 34.2 Å². The monoisotopic (exact) mass is 245 g/mol. The first-order valence-corrected chi connectivity index (χ1v) is 5.75. The summed E-state index contributed by atoms with van der Waals surface area (Å²) in [5.41, 5.74) is 2.39. The van der Waals surface area contributed by atoms with Gasteiger partial charge in [-0.15, -0.1) is 0 Å². The van der Waals surface area contributed by atoms with E-state index in [1.807, 2.05) is 20.8 Å². The maximum Gasteiger partial charge on any atom is 0.328 e. The van der Waals surface area contributed by atoms with Crippen LogP contribution in [0.2, 0.25) is 0 Å². The molecule has 2 aromatic rings. The average molecular weight is 245 g/mol. The second kappa shape index (κ2) is 4.60. The molecule has 0 aliphatic rings. The highest BCUT2D eigenvalue weighted by Crippen LogP contribution is 2.22. The number of carboxylic acids is 1. The van der Waals surface area contributed by atoms with E-state index in [0.29, 0.717) is 0 Å². The van der Waals surface area contributed by atoms with Gasteiger partial charge in [-0.1, -0.05) is 13.8 Å². The zero-order valence-corrected chi connectivity index (χ0v) is 10.6. The van der Waals surface area contributed by atoms with Gasteiger partial charge in [-0.05, 0) is 13.0 Å². The standard InChI is InChI=1S/C13H15N3O2/c1-7(2)12-15-8(3)11-9(4-5-10(17)18)6-14-13(11)16-12/h4-7H,1-3H3,(H,17,18)(H,14,15,16)/b5-4+. The Morgan fingerprint density at radius 1 is 1.44 bits per heavy atom. The molecule has 2 rings (SSSR count). The predicted octanol–water partition coefficient (Wildman–Crippen LogP) is 2.49. The molecule has 0 fully saturated rings. The van der Waals surface area contributed by atoms with Crippen LogP contribution in [0.15, 0.2) is 12.3 Å². The van der Waals surface area contributed by atoms with Crippen LogP contribution in [-0.2, 0) is 4.79 Å². The number of rotatable bonds is 3. The van der Waals surface area contributed by atoms with Crippen molar-refractivity contribution in [3.63, 3.8) is 0 Å². The van der Waals surface area contributed by atoms with E-state index < -0.39 is 5.97 Å². The normalized spacial score (nSPS) is 11.8. The van der Waals surface area contributed by atoms with Crippen LogP contribution >= 0.6 is 0 Å². The Balaban J connectivity index is 2.57. The number of H-pyrrole nitrogens is 1. The highest BCUT2D eigenvalue weighted by molar-refractivity contribution is 5.93. The summed E-state index contributed by atoms with van der Waals surface area (Å²) in [6.07, 6.45) is 4.40. The Kier molecular flexibility index (Phi) is 3.14. The molecule has 5 heteroatoms. The number of hydrogen-bond acceptors (Lipinski definition) is 3. The van der Waals surface area contributed by atoms with Crippen molar-refractivity contribution in [1.29, 1.82) is 0 Å². The van der Waals surface area contributed by atoms with Crippen LogP contribution in [0.1, 0.15) is 36.8 Å². The zero-order valence-electron chi connectivity index (χ0n) is 10.6. The SMILES string of the molecule is Cc1nc(C(C)C)nc2[nH]cc(/C=C/C(=O)O)c12. The van der Waals surface area contributed by atoms with E-state index in [2.05, 4.69) is 15.0 Å². The molecule has 0 atom stereocenters. The Hall–Kier alpha value is -2.17. The number of fused-ring (bicyclic) bond motifs is 1. The molecule has 2 heterocycles. The van der Waals surface area contributed by atoms with E-state index in [1.54, 1.807) is 12.3 Å². The molecule has 2 N–H and O–H groups in total. The lowest BCUT2D eigenvalue weighted by Crippen LogP contribution is -2.00. The Bertz CT molecular complexity index is 626. The van der Waals surface area contributed by atoms with E-state index in [9.17, 15) is 4.79 Å². The van der Waals surface area contributed by atoms with Crippen LogP contribution in [0.4, 0.5) is 0 Å². The first-order chi connectivity index (χ1) is 8.49. The number of aryl methyl sites for hydroxylation is 1. The fourth-order valence-corrected chi connectivity index (χ4v) is 1.81. The fourth-order valence-electron chi connectivity index (χ4n) is 1.81. The van der Waals surface area contributed by atoms with Crippen molar-refractivity contribution in [3.8, 4) is 0 Å². The number of aromatic nitrogens is 3. The molecule has 0 bridgehead atoms. The lowest BCUT2D eigenvalue weighted by atomic mass is 10.1. The quantitative estimate of drug-likeness (QED) is 0.814. The maximum atomic E-state index is 10.5. The zero-order chi connectivity index (χ0) is 13.3. The number of aliphatic carboxylic acids is 1. The van der Waals surface area contributed by atoms with Gasteiger partial charge >= 0.3 is 5.97 Å². The largest absolute Gasteiger partial charge is 0.478 e. The van der Waals surface area contributed by atoms with Crippen LogP contribution in [0.25, 0.3) is 17.1 Å². The van der Waals surface area contributed by atoms with Crippen molar-refractivity contribution in [3.05, 3.63) is 29.4 Å². The van der Waals surface area contributed by atoms with Crippen LogP contribution in [0.3, 0.4) is 0 Å². The molecular weight excluding hydrogens is 230 g/mol. The van der Waals surface area contributed by atoms with Crippen LogP contribution in [-0.4, -0.2) is 26.0 Å². The molecule has 5 nitrogen and oxygen atoms in total. The number of aromatic amines is 1. The Morgan fingerprint density at radius 3 is 2.78 bits per heavy atom.